The van der Waals surface area contributed by atoms with Gasteiger partial charge in [-0.1, -0.05) is 18.2 Å². The number of benzene rings is 1. The second-order valence-electron chi connectivity index (χ2n) is 7.77. The van der Waals surface area contributed by atoms with Gasteiger partial charge in [-0.3, -0.25) is 0 Å². The summed E-state index contributed by atoms with van der Waals surface area (Å²) in [5.74, 6) is -0.289. The first kappa shape index (κ1) is 18.7. The van der Waals surface area contributed by atoms with Crippen LogP contribution in [0.15, 0.2) is 30.3 Å². The van der Waals surface area contributed by atoms with E-state index < -0.39 is 5.54 Å². The van der Waals surface area contributed by atoms with E-state index in [-0.39, 0.29) is 17.0 Å². The maximum absolute atomic E-state index is 12.7. The van der Waals surface area contributed by atoms with Crippen molar-refractivity contribution in [3.8, 4) is 0 Å². The van der Waals surface area contributed by atoms with Crippen LogP contribution in [0.3, 0.4) is 0 Å². The second-order valence-corrected chi connectivity index (χ2v) is 8.17. The predicted molar refractivity (Wildman–Crippen MR) is 101 cm³/mol. The molecule has 1 fully saturated rings. The van der Waals surface area contributed by atoms with Crippen LogP contribution in [0.2, 0.25) is 0 Å². The number of esters is 1. The highest BCUT2D eigenvalue weighted by Gasteiger charge is 2.52. The van der Waals surface area contributed by atoms with Crippen LogP contribution in [0.1, 0.15) is 40.5 Å². The maximum atomic E-state index is 12.7. The average molecular weight is 350 g/mol. The van der Waals surface area contributed by atoms with Crippen molar-refractivity contribution in [2.75, 3.05) is 12.4 Å². The third-order valence-electron chi connectivity index (χ3n) is 4.12. The van der Waals surface area contributed by atoms with E-state index in [9.17, 15) is 4.79 Å². The molecule has 0 amide bonds. The first-order chi connectivity index (χ1) is 11.1. The van der Waals surface area contributed by atoms with Crippen molar-refractivity contribution >= 4 is 29.0 Å². The number of hydrogen-bond donors (Lipinski definition) is 3. The van der Waals surface area contributed by atoms with E-state index in [1.165, 1.54) is 7.11 Å². The third kappa shape index (κ3) is 4.45. The molecule has 0 bridgehead atoms. The van der Waals surface area contributed by atoms with E-state index in [0.29, 0.717) is 18.0 Å². The minimum absolute atomic E-state index is 0.231. The molecule has 0 aliphatic carbocycles. The van der Waals surface area contributed by atoms with Gasteiger partial charge in [0.15, 0.2) is 5.11 Å². The first-order valence-corrected chi connectivity index (χ1v) is 8.50. The number of methoxy groups -OCH3 is 1. The lowest BCUT2D eigenvalue weighted by atomic mass is 9.71. The van der Waals surface area contributed by atoms with Crippen LogP contribution in [-0.2, 0) is 9.53 Å². The Morgan fingerprint density at radius 3 is 2.17 bits per heavy atom. The number of para-hydroxylation sites is 1. The number of anilines is 1. The second kappa shape index (κ2) is 6.69. The summed E-state index contributed by atoms with van der Waals surface area (Å²) in [6.07, 6.45) is 1.15. The van der Waals surface area contributed by atoms with E-state index in [2.05, 4.69) is 43.6 Å². The maximum Gasteiger partial charge on any atom is 0.331 e. The predicted octanol–water partition coefficient (Wildman–Crippen LogP) is 2.83. The summed E-state index contributed by atoms with van der Waals surface area (Å²) in [5.41, 5.74) is -0.454. The first-order valence-electron chi connectivity index (χ1n) is 8.10. The van der Waals surface area contributed by atoms with Gasteiger partial charge in [-0.15, -0.1) is 0 Å². The van der Waals surface area contributed by atoms with Crippen LogP contribution in [0.25, 0.3) is 0 Å². The number of rotatable bonds is 3. The SMILES string of the molecule is COC(=O)C1(NC(=S)Nc2ccccc2)CC(C)(C)NC(C)(C)C1. The summed E-state index contributed by atoms with van der Waals surface area (Å²) in [5, 5.41) is 10.4. The molecule has 0 unspecified atom stereocenters. The molecule has 0 radical (unpaired) electrons. The van der Waals surface area contributed by atoms with Gasteiger partial charge in [0, 0.05) is 16.8 Å². The molecule has 132 valence electrons. The third-order valence-corrected chi connectivity index (χ3v) is 4.33. The van der Waals surface area contributed by atoms with Crippen molar-refractivity contribution in [2.45, 2.75) is 57.2 Å². The summed E-state index contributed by atoms with van der Waals surface area (Å²) in [6, 6.07) is 9.65. The Morgan fingerprint density at radius 1 is 1.12 bits per heavy atom. The largest absolute Gasteiger partial charge is 0.467 e. The van der Waals surface area contributed by atoms with Crippen molar-refractivity contribution in [1.29, 1.82) is 0 Å². The quantitative estimate of drug-likeness (QED) is 0.576. The number of ether oxygens (including phenoxy) is 1. The van der Waals surface area contributed by atoms with Gasteiger partial charge in [-0.05, 0) is 64.9 Å². The minimum atomic E-state index is -0.869. The Balaban J connectivity index is 2.25. The normalized spacial score (nSPS) is 20.7. The van der Waals surface area contributed by atoms with Crippen LogP contribution in [0, 0.1) is 0 Å². The van der Waals surface area contributed by atoms with E-state index in [1.807, 2.05) is 30.3 Å². The monoisotopic (exact) mass is 349 g/mol. The molecule has 0 aromatic heterocycles. The zero-order chi connectivity index (χ0) is 18.0. The molecular weight excluding hydrogens is 322 g/mol. The number of hydrogen-bond acceptors (Lipinski definition) is 4. The van der Waals surface area contributed by atoms with Crippen molar-refractivity contribution in [2.24, 2.45) is 0 Å². The molecule has 0 saturated carbocycles. The smallest absolute Gasteiger partial charge is 0.331 e. The van der Waals surface area contributed by atoms with Crippen molar-refractivity contribution in [3.63, 3.8) is 0 Å². The Morgan fingerprint density at radius 2 is 1.67 bits per heavy atom. The van der Waals surface area contributed by atoms with Gasteiger partial charge in [-0.2, -0.15) is 0 Å². The highest BCUT2D eigenvalue weighted by atomic mass is 32.1. The standard InChI is InChI=1S/C18H27N3O2S/c1-16(2)11-18(14(22)23-5,12-17(3,4)21-16)20-15(24)19-13-9-7-6-8-10-13/h6-10,21H,11-12H2,1-5H3,(H2,19,20,24). The van der Waals surface area contributed by atoms with Crippen LogP contribution < -0.4 is 16.0 Å². The zero-order valence-corrected chi connectivity index (χ0v) is 15.8. The highest BCUT2D eigenvalue weighted by molar-refractivity contribution is 7.80. The van der Waals surface area contributed by atoms with Gasteiger partial charge in [0.05, 0.1) is 7.11 Å². The topological polar surface area (TPSA) is 62.4 Å². The summed E-state index contributed by atoms with van der Waals surface area (Å²) in [4.78, 5) is 12.7. The number of nitrogens with one attached hydrogen (secondary N) is 3. The molecule has 5 nitrogen and oxygen atoms in total. The molecule has 1 aliphatic heterocycles. The molecule has 1 aromatic rings. The lowest BCUT2D eigenvalue weighted by Crippen LogP contribution is -2.71. The molecule has 1 saturated heterocycles. The van der Waals surface area contributed by atoms with Crippen LogP contribution in [0.4, 0.5) is 5.69 Å². The number of piperidine rings is 1. The average Bonchev–Trinajstić information content (AvgIpc) is 2.43. The zero-order valence-electron chi connectivity index (χ0n) is 15.0. The molecule has 6 heteroatoms. The molecule has 1 aliphatic rings. The lowest BCUT2D eigenvalue weighted by molar-refractivity contribution is -0.152. The fraction of sp³-hybridized carbons (Fsp3) is 0.556. The van der Waals surface area contributed by atoms with E-state index >= 15 is 0 Å². The Hall–Kier alpha value is -1.66. The van der Waals surface area contributed by atoms with Crippen LogP contribution in [-0.4, -0.2) is 34.8 Å². The van der Waals surface area contributed by atoms with Gasteiger partial charge in [0.25, 0.3) is 0 Å². The molecule has 2 rings (SSSR count). The van der Waals surface area contributed by atoms with E-state index in [1.54, 1.807) is 0 Å². The molecule has 0 atom stereocenters. The fourth-order valence-electron chi connectivity index (χ4n) is 3.96. The van der Waals surface area contributed by atoms with Gasteiger partial charge >= 0.3 is 5.97 Å². The lowest BCUT2D eigenvalue weighted by Gasteiger charge is -2.51. The van der Waals surface area contributed by atoms with E-state index in [4.69, 9.17) is 17.0 Å². The summed E-state index contributed by atoms with van der Waals surface area (Å²) in [7, 11) is 1.42. The minimum Gasteiger partial charge on any atom is -0.467 e. The van der Waals surface area contributed by atoms with Crippen molar-refractivity contribution in [1.82, 2.24) is 10.6 Å². The summed E-state index contributed by atoms with van der Waals surface area (Å²) in [6.45, 7) is 8.34. The Bertz CT molecular complexity index is 598. The molecule has 1 aromatic carbocycles. The van der Waals surface area contributed by atoms with Gasteiger partial charge in [0.1, 0.15) is 5.54 Å². The Labute approximate surface area is 149 Å². The molecular formula is C18H27N3O2S. The Kier molecular flexibility index (Phi) is 5.20. The highest BCUT2D eigenvalue weighted by Crippen LogP contribution is 2.37. The van der Waals surface area contributed by atoms with Crippen molar-refractivity contribution < 1.29 is 9.53 Å². The van der Waals surface area contributed by atoms with Gasteiger partial charge in [-0.25, -0.2) is 4.79 Å². The molecule has 0 spiro atoms. The summed E-state index contributed by atoms with van der Waals surface area (Å²) < 4.78 is 5.11. The number of thiocarbonyl (C=S) groups is 1. The molecule has 3 N–H and O–H groups in total. The summed E-state index contributed by atoms with van der Waals surface area (Å²) >= 11 is 5.46. The number of carbonyl (C=O) groups excluding carboxylic acids is 1. The molecule has 24 heavy (non-hydrogen) atoms. The van der Waals surface area contributed by atoms with Gasteiger partial charge in [0.2, 0.25) is 0 Å². The van der Waals surface area contributed by atoms with Gasteiger partial charge < -0.3 is 20.7 Å². The fourth-order valence-corrected chi connectivity index (χ4v) is 4.27. The van der Waals surface area contributed by atoms with Crippen LogP contribution in [0.5, 0.6) is 0 Å². The van der Waals surface area contributed by atoms with Crippen molar-refractivity contribution in [3.05, 3.63) is 30.3 Å². The molecule has 1 heterocycles. The number of carbonyl (C=O) groups is 1. The van der Waals surface area contributed by atoms with E-state index in [0.717, 1.165) is 5.69 Å². The van der Waals surface area contributed by atoms with Crippen LogP contribution >= 0.6 is 12.2 Å².